The zero-order valence-corrected chi connectivity index (χ0v) is 16.4. The molecule has 8 heteroatoms. The molecule has 1 amide bonds. The normalized spacial score (nSPS) is 10.9. The molecule has 0 radical (unpaired) electrons. The number of nitrogens with one attached hydrogen (secondary N) is 2. The Bertz CT molecular complexity index is 1120. The topological polar surface area (TPSA) is 94.5 Å². The number of anilines is 1. The highest BCUT2D eigenvalue weighted by Gasteiger charge is 2.10. The predicted molar refractivity (Wildman–Crippen MR) is 112 cm³/mol. The molecule has 0 bridgehead atoms. The van der Waals surface area contributed by atoms with Crippen LogP contribution in [0.5, 0.6) is 11.5 Å². The number of ether oxygens (including phenoxy) is 2. The molecule has 0 aliphatic carbocycles. The van der Waals surface area contributed by atoms with Crippen LogP contribution in [-0.2, 0) is 11.3 Å². The summed E-state index contributed by atoms with van der Waals surface area (Å²) in [6, 6.07) is 12.4. The third-order valence-electron chi connectivity index (χ3n) is 4.33. The Balaban J connectivity index is 1.78. The van der Waals surface area contributed by atoms with Crippen molar-refractivity contribution in [1.29, 1.82) is 0 Å². The van der Waals surface area contributed by atoms with Gasteiger partial charge in [-0.05, 0) is 43.3 Å². The van der Waals surface area contributed by atoms with Crippen molar-refractivity contribution in [3.8, 4) is 11.5 Å². The Morgan fingerprint density at radius 2 is 1.97 bits per heavy atom. The lowest BCUT2D eigenvalue weighted by Crippen LogP contribution is -2.33. The minimum absolute atomic E-state index is 0.175. The Labute approximate surface area is 167 Å². The minimum Gasteiger partial charge on any atom is -0.497 e. The maximum absolute atomic E-state index is 12.6. The van der Waals surface area contributed by atoms with Crippen molar-refractivity contribution < 1.29 is 14.3 Å². The lowest BCUT2D eigenvalue weighted by atomic mass is 10.1. The van der Waals surface area contributed by atoms with Gasteiger partial charge in [0, 0.05) is 18.2 Å². The number of nitrogens with zero attached hydrogens (tertiary/aromatic N) is 2. The van der Waals surface area contributed by atoms with Crippen LogP contribution in [0.15, 0.2) is 53.3 Å². The molecule has 0 saturated carbocycles. The van der Waals surface area contributed by atoms with E-state index in [0.717, 1.165) is 0 Å². The van der Waals surface area contributed by atoms with E-state index in [1.165, 1.54) is 10.6 Å². The van der Waals surface area contributed by atoms with E-state index >= 15 is 0 Å². The first-order valence-electron chi connectivity index (χ1n) is 9.03. The lowest BCUT2D eigenvalue weighted by molar-refractivity contribution is -0.116. The Morgan fingerprint density at radius 1 is 1.17 bits per heavy atom. The van der Waals surface area contributed by atoms with Gasteiger partial charge in [-0.1, -0.05) is 12.1 Å². The quantitative estimate of drug-likeness (QED) is 0.473. The molecule has 0 aliphatic rings. The molecule has 0 unspecified atom stereocenters. The van der Waals surface area contributed by atoms with Gasteiger partial charge in [0.25, 0.3) is 11.5 Å². The highest BCUT2D eigenvalue weighted by Crippen LogP contribution is 2.25. The van der Waals surface area contributed by atoms with Gasteiger partial charge in [0.05, 0.1) is 25.1 Å². The number of methoxy groups -OCH3 is 2. The minimum atomic E-state index is -0.417. The zero-order valence-electron chi connectivity index (χ0n) is 16.4. The van der Waals surface area contributed by atoms with E-state index in [-0.39, 0.29) is 11.5 Å². The first kappa shape index (κ1) is 19.9. The van der Waals surface area contributed by atoms with Gasteiger partial charge in [-0.2, -0.15) is 0 Å². The fourth-order valence-electron chi connectivity index (χ4n) is 2.85. The summed E-state index contributed by atoms with van der Waals surface area (Å²) >= 11 is 0. The van der Waals surface area contributed by atoms with Crippen molar-refractivity contribution in [2.24, 2.45) is 0 Å². The second kappa shape index (κ2) is 8.92. The molecule has 1 heterocycles. The van der Waals surface area contributed by atoms with Crippen LogP contribution in [0.2, 0.25) is 0 Å². The third-order valence-corrected chi connectivity index (χ3v) is 4.33. The highest BCUT2D eigenvalue weighted by atomic mass is 16.5. The Kier molecular flexibility index (Phi) is 6.13. The number of hydrazine groups is 1. The number of hydrogen-bond acceptors (Lipinski definition) is 6. The number of hydrogen-bond donors (Lipinski definition) is 2. The molecule has 150 valence electrons. The number of fused-ring (bicyclic) bond motifs is 1. The monoisotopic (exact) mass is 394 g/mol. The summed E-state index contributed by atoms with van der Waals surface area (Å²) in [4.78, 5) is 29.3. The third kappa shape index (κ3) is 4.37. The number of carbonyl (C=O) groups excluding carboxylic acids is 1. The number of aromatic nitrogens is 2. The number of benzene rings is 2. The van der Waals surface area contributed by atoms with Crippen LogP contribution < -0.4 is 25.9 Å². The van der Waals surface area contributed by atoms with Crippen LogP contribution in [0.4, 0.5) is 5.95 Å². The van der Waals surface area contributed by atoms with Crippen molar-refractivity contribution in [3.63, 3.8) is 0 Å². The van der Waals surface area contributed by atoms with Gasteiger partial charge in [-0.15, -0.1) is 0 Å². The van der Waals surface area contributed by atoms with E-state index in [2.05, 4.69) is 15.8 Å². The average molecular weight is 394 g/mol. The number of para-hydroxylation sites is 1. The van der Waals surface area contributed by atoms with Crippen molar-refractivity contribution >= 4 is 28.8 Å². The summed E-state index contributed by atoms with van der Waals surface area (Å²) in [6.07, 6.45) is 2.96. The van der Waals surface area contributed by atoms with Gasteiger partial charge < -0.3 is 9.47 Å². The first-order valence-corrected chi connectivity index (χ1v) is 9.03. The van der Waals surface area contributed by atoms with E-state index in [1.807, 2.05) is 6.92 Å². The van der Waals surface area contributed by atoms with Crippen molar-refractivity contribution in [2.45, 2.75) is 13.5 Å². The zero-order chi connectivity index (χ0) is 20.8. The molecular weight excluding hydrogens is 372 g/mol. The van der Waals surface area contributed by atoms with E-state index in [1.54, 1.807) is 62.8 Å². The molecule has 8 nitrogen and oxygen atoms in total. The summed E-state index contributed by atoms with van der Waals surface area (Å²) in [6.45, 7) is 2.24. The molecular formula is C21H22N4O4. The summed E-state index contributed by atoms with van der Waals surface area (Å²) in [5.41, 5.74) is 6.33. The highest BCUT2D eigenvalue weighted by molar-refractivity contribution is 5.92. The number of rotatable bonds is 7. The molecule has 2 aromatic carbocycles. The van der Waals surface area contributed by atoms with E-state index < -0.39 is 5.91 Å². The van der Waals surface area contributed by atoms with Crippen molar-refractivity contribution in [3.05, 3.63) is 64.5 Å². The molecule has 0 atom stereocenters. The number of amides is 1. The smallest absolute Gasteiger partial charge is 0.262 e. The maximum atomic E-state index is 12.6. The standard InChI is InChI=1S/C21H22N4O4/c1-4-25-20(27)16-7-5-6-8-17(16)22-21(25)24-23-19(26)12-9-14-13-15(28-2)10-11-18(14)29-3/h5-13H,4H2,1-3H3,(H,22,24)(H,23,26)/b12-9+. The Morgan fingerprint density at radius 3 is 2.69 bits per heavy atom. The molecule has 0 saturated heterocycles. The summed E-state index contributed by atoms with van der Waals surface area (Å²) in [5, 5.41) is 0.524. The molecule has 1 aromatic heterocycles. The maximum Gasteiger partial charge on any atom is 0.262 e. The second-order valence-electron chi connectivity index (χ2n) is 6.06. The molecule has 2 N–H and O–H groups in total. The molecule has 0 fully saturated rings. The molecule has 0 spiro atoms. The van der Waals surface area contributed by atoms with Gasteiger partial charge in [0.15, 0.2) is 0 Å². The Hall–Kier alpha value is -3.81. The summed E-state index contributed by atoms with van der Waals surface area (Å²) in [7, 11) is 3.12. The van der Waals surface area contributed by atoms with E-state index in [9.17, 15) is 9.59 Å². The van der Waals surface area contributed by atoms with E-state index in [0.29, 0.717) is 34.5 Å². The van der Waals surface area contributed by atoms with Crippen LogP contribution in [-0.4, -0.2) is 29.7 Å². The summed E-state index contributed by atoms with van der Waals surface area (Å²) < 4.78 is 11.9. The second-order valence-corrected chi connectivity index (χ2v) is 6.06. The fourth-order valence-corrected chi connectivity index (χ4v) is 2.85. The van der Waals surface area contributed by atoms with Gasteiger partial charge >= 0.3 is 0 Å². The molecule has 3 rings (SSSR count). The predicted octanol–water partition coefficient (Wildman–Crippen LogP) is 2.59. The van der Waals surface area contributed by atoms with Gasteiger partial charge in [-0.25, -0.2) is 4.98 Å². The molecule has 0 aliphatic heterocycles. The molecule has 29 heavy (non-hydrogen) atoms. The largest absolute Gasteiger partial charge is 0.497 e. The van der Waals surface area contributed by atoms with Gasteiger partial charge in [0.1, 0.15) is 11.5 Å². The van der Waals surface area contributed by atoms with Gasteiger partial charge in [0.2, 0.25) is 5.95 Å². The molecule has 3 aromatic rings. The number of carbonyl (C=O) groups is 1. The van der Waals surface area contributed by atoms with Crippen LogP contribution in [0.25, 0.3) is 17.0 Å². The van der Waals surface area contributed by atoms with Crippen molar-refractivity contribution in [1.82, 2.24) is 15.0 Å². The fraction of sp³-hybridized carbons (Fsp3) is 0.190. The first-order chi connectivity index (χ1) is 14.1. The van der Waals surface area contributed by atoms with Crippen LogP contribution in [0, 0.1) is 0 Å². The summed E-state index contributed by atoms with van der Waals surface area (Å²) in [5.74, 6) is 1.10. The van der Waals surface area contributed by atoms with Crippen LogP contribution >= 0.6 is 0 Å². The van der Waals surface area contributed by atoms with Gasteiger partial charge in [-0.3, -0.25) is 25.0 Å². The lowest BCUT2D eigenvalue weighted by Gasteiger charge is -2.13. The van der Waals surface area contributed by atoms with Crippen LogP contribution in [0.1, 0.15) is 12.5 Å². The van der Waals surface area contributed by atoms with Crippen LogP contribution in [0.3, 0.4) is 0 Å². The average Bonchev–Trinajstić information content (AvgIpc) is 2.76. The van der Waals surface area contributed by atoms with E-state index in [4.69, 9.17) is 9.47 Å². The van der Waals surface area contributed by atoms with Crippen molar-refractivity contribution in [2.75, 3.05) is 19.6 Å². The SMILES string of the molecule is CCn1c(NNC(=O)/C=C/c2cc(OC)ccc2OC)nc2ccccc2c1=O.